The number of phenolic OH excluding ortho intramolecular Hbond substituents is 1. The lowest BCUT2D eigenvalue weighted by atomic mass is 10.3. The van der Waals surface area contributed by atoms with E-state index in [1.807, 2.05) is 0 Å². The average Bonchev–Trinajstić information content (AvgIpc) is 2.32. The van der Waals surface area contributed by atoms with Gasteiger partial charge in [-0.05, 0) is 18.2 Å². The Balaban J connectivity index is 2.42. The van der Waals surface area contributed by atoms with Gasteiger partial charge >= 0.3 is 0 Å². The van der Waals surface area contributed by atoms with Crippen molar-refractivity contribution in [3.63, 3.8) is 0 Å². The second-order valence-corrected chi connectivity index (χ2v) is 4.93. The van der Waals surface area contributed by atoms with E-state index in [2.05, 4.69) is 0 Å². The van der Waals surface area contributed by atoms with Gasteiger partial charge in [0.05, 0.1) is 14.8 Å². The van der Waals surface area contributed by atoms with Gasteiger partial charge in [-0.2, -0.15) is 0 Å². The molecule has 0 saturated carbocycles. The SMILES string of the molecule is O=[N+]([O-])c1ccc(O)cc1Sc1ccccc1Cl. The number of hydrogen-bond acceptors (Lipinski definition) is 4. The van der Waals surface area contributed by atoms with Gasteiger partial charge in [-0.25, -0.2) is 0 Å². The normalized spacial score (nSPS) is 10.3. The zero-order chi connectivity index (χ0) is 13.1. The van der Waals surface area contributed by atoms with E-state index in [4.69, 9.17) is 11.6 Å². The number of halogens is 1. The molecule has 6 heteroatoms. The molecule has 0 aromatic heterocycles. The molecule has 0 amide bonds. The molecule has 0 unspecified atom stereocenters. The van der Waals surface area contributed by atoms with Crippen LogP contribution in [0.5, 0.6) is 5.75 Å². The summed E-state index contributed by atoms with van der Waals surface area (Å²) in [4.78, 5) is 11.5. The zero-order valence-corrected chi connectivity index (χ0v) is 10.6. The smallest absolute Gasteiger partial charge is 0.283 e. The Morgan fingerprint density at radius 1 is 1.17 bits per heavy atom. The van der Waals surface area contributed by atoms with Crippen molar-refractivity contribution in [2.75, 3.05) is 0 Å². The highest BCUT2D eigenvalue weighted by Crippen LogP contribution is 2.39. The van der Waals surface area contributed by atoms with Gasteiger partial charge in [0.2, 0.25) is 0 Å². The highest BCUT2D eigenvalue weighted by Gasteiger charge is 2.16. The van der Waals surface area contributed by atoms with Gasteiger partial charge in [-0.1, -0.05) is 35.5 Å². The number of nitro benzene ring substituents is 1. The third-order valence-electron chi connectivity index (χ3n) is 2.20. The van der Waals surface area contributed by atoms with E-state index in [-0.39, 0.29) is 11.4 Å². The van der Waals surface area contributed by atoms with E-state index in [9.17, 15) is 15.2 Å². The lowest BCUT2D eigenvalue weighted by molar-refractivity contribution is -0.387. The molecule has 0 bridgehead atoms. The fourth-order valence-electron chi connectivity index (χ4n) is 1.38. The van der Waals surface area contributed by atoms with Crippen LogP contribution in [0.2, 0.25) is 5.02 Å². The predicted octanol–water partition coefficient (Wildman–Crippen LogP) is 4.11. The summed E-state index contributed by atoms with van der Waals surface area (Å²) in [6.45, 7) is 0. The van der Waals surface area contributed by atoms with E-state index < -0.39 is 4.92 Å². The third-order valence-corrected chi connectivity index (χ3v) is 3.76. The first-order valence-electron chi connectivity index (χ1n) is 4.97. The van der Waals surface area contributed by atoms with E-state index in [0.29, 0.717) is 14.8 Å². The molecule has 92 valence electrons. The lowest BCUT2D eigenvalue weighted by Crippen LogP contribution is -1.90. The highest BCUT2D eigenvalue weighted by molar-refractivity contribution is 7.99. The van der Waals surface area contributed by atoms with E-state index >= 15 is 0 Å². The molecule has 18 heavy (non-hydrogen) atoms. The summed E-state index contributed by atoms with van der Waals surface area (Å²) in [5.74, 6) is -0.0184. The van der Waals surface area contributed by atoms with Gasteiger partial charge in [0.15, 0.2) is 0 Å². The van der Waals surface area contributed by atoms with Gasteiger partial charge in [-0.15, -0.1) is 0 Å². The molecule has 1 N–H and O–H groups in total. The standard InChI is InChI=1S/C12H8ClNO3S/c13-9-3-1-2-4-11(9)18-12-7-8(15)5-6-10(12)14(16)17/h1-7,15H. The van der Waals surface area contributed by atoms with Gasteiger partial charge in [0.1, 0.15) is 5.75 Å². The van der Waals surface area contributed by atoms with Crippen LogP contribution in [0, 0.1) is 10.1 Å². The van der Waals surface area contributed by atoms with Crippen LogP contribution in [0.3, 0.4) is 0 Å². The third kappa shape index (κ3) is 2.75. The molecule has 0 spiro atoms. The molecule has 2 rings (SSSR count). The number of benzene rings is 2. The van der Waals surface area contributed by atoms with Crippen molar-refractivity contribution in [2.24, 2.45) is 0 Å². The van der Waals surface area contributed by atoms with Crippen LogP contribution in [-0.2, 0) is 0 Å². The molecule has 2 aromatic carbocycles. The van der Waals surface area contributed by atoms with E-state index in [1.54, 1.807) is 24.3 Å². The summed E-state index contributed by atoms with van der Waals surface area (Å²) in [5.41, 5.74) is -0.0577. The van der Waals surface area contributed by atoms with Crippen LogP contribution in [0.15, 0.2) is 52.3 Å². The summed E-state index contributed by atoms with van der Waals surface area (Å²) in [6, 6.07) is 11.0. The number of phenols is 1. The second-order valence-electron chi connectivity index (χ2n) is 3.44. The molecule has 2 aromatic rings. The van der Waals surface area contributed by atoms with Crippen LogP contribution in [0.1, 0.15) is 0 Å². The zero-order valence-electron chi connectivity index (χ0n) is 9.04. The molecule has 0 fully saturated rings. The molecule has 4 nitrogen and oxygen atoms in total. The van der Waals surface area contributed by atoms with Crippen LogP contribution >= 0.6 is 23.4 Å². The summed E-state index contributed by atoms with van der Waals surface area (Å²) in [7, 11) is 0. The number of nitro groups is 1. The largest absolute Gasteiger partial charge is 0.508 e. The number of rotatable bonds is 3. The first-order chi connectivity index (χ1) is 8.58. The molecular weight excluding hydrogens is 274 g/mol. The van der Waals surface area contributed by atoms with Gasteiger partial charge in [-0.3, -0.25) is 10.1 Å². The van der Waals surface area contributed by atoms with Gasteiger partial charge in [0, 0.05) is 17.0 Å². The Labute approximate surface area is 112 Å². The van der Waals surface area contributed by atoms with Crippen molar-refractivity contribution >= 4 is 29.1 Å². The van der Waals surface area contributed by atoms with Crippen LogP contribution in [0.25, 0.3) is 0 Å². The number of nitrogens with zero attached hydrogens (tertiary/aromatic N) is 1. The summed E-state index contributed by atoms with van der Waals surface area (Å²) >= 11 is 7.14. The summed E-state index contributed by atoms with van der Waals surface area (Å²) in [5, 5.41) is 20.8. The summed E-state index contributed by atoms with van der Waals surface area (Å²) in [6.07, 6.45) is 0. The van der Waals surface area contributed by atoms with E-state index in [1.165, 1.54) is 18.2 Å². The maximum atomic E-state index is 10.9. The minimum Gasteiger partial charge on any atom is -0.508 e. The van der Waals surface area contributed by atoms with Crippen molar-refractivity contribution in [2.45, 2.75) is 9.79 Å². The topological polar surface area (TPSA) is 63.4 Å². The van der Waals surface area contributed by atoms with Gasteiger partial charge < -0.3 is 5.11 Å². The first-order valence-corrected chi connectivity index (χ1v) is 6.17. The fraction of sp³-hybridized carbons (Fsp3) is 0. The Kier molecular flexibility index (Phi) is 3.74. The minimum atomic E-state index is -0.487. The number of aromatic hydroxyl groups is 1. The molecule has 0 aliphatic rings. The fourth-order valence-corrected chi connectivity index (χ4v) is 2.61. The first kappa shape index (κ1) is 12.7. The highest BCUT2D eigenvalue weighted by atomic mass is 35.5. The predicted molar refractivity (Wildman–Crippen MR) is 70.3 cm³/mol. The molecule has 0 radical (unpaired) electrons. The Bertz CT molecular complexity index is 604. The van der Waals surface area contributed by atoms with Crippen molar-refractivity contribution in [1.29, 1.82) is 0 Å². The monoisotopic (exact) mass is 281 g/mol. The molecule has 0 saturated heterocycles. The number of hydrogen-bond donors (Lipinski definition) is 1. The Morgan fingerprint density at radius 3 is 2.56 bits per heavy atom. The Hall–Kier alpha value is -1.72. The van der Waals surface area contributed by atoms with Gasteiger partial charge in [0.25, 0.3) is 5.69 Å². The van der Waals surface area contributed by atoms with Crippen LogP contribution in [0.4, 0.5) is 5.69 Å². The quantitative estimate of drug-likeness (QED) is 0.679. The maximum absolute atomic E-state index is 10.9. The van der Waals surface area contributed by atoms with Crippen molar-refractivity contribution in [3.05, 3.63) is 57.6 Å². The maximum Gasteiger partial charge on any atom is 0.283 e. The average molecular weight is 282 g/mol. The second kappa shape index (κ2) is 5.29. The minimum absolute atomic E-state index is 0.0184. The molecule has 0 aliphatic carbocycles. The summed E-state index contributed by atoms with van der Waals surface area (Å²) < 4.78 is 0. The lowest BCUT2D eigenvalue weighted by Gasteiger charge is -2.05. The molecule has 0 atom stereocenters. The molecule has 0 heterocycles. The van der Waals surface area contributed by atoms with Crippen molar-refractivity contribution in [3.8, 4) is 5.75 Å². The van der Waals surface area contributed by atoms with Crippen LogP contribution < -0.4 is 0 Å². The molecular formula is C12H8ClNO3S. The van der Waals surface area contributed by atoms with Crippen molar-refractivity contribution in [1.82, 2.24) is 0 Å². The van der Waals surface area contributed by atoms with Crippen molar-refractivity contribution < 1.29 is 10.0 Å². The van der Waals surface area contributed by atoms with Crippen LogP contribution in [-0.4, -0.2) is 10.0 Å². The Morgan fingerprint density at radius 2 is 1.89 bits per heavy atom. The molecule has 0 aliphatic heterocycles. The van der Waals surface area contributed by atoms with E-state index in [0.717, 1.165) is 11.8 Å².